The first kappa shape index (κ1) is 21.1. The first-order valence-corrected chi connectivity index (χ1v) is 10.0. The number of nitrogens with zero attached hydrogens (tertiary/aromatic N) is 3. The number of carbonyl (C=O) groups is 1. The zero-order valence-electron chi connectivity index (χ0n) is 15.6. The Morgan fingerprint density at radius 3 is 2.61 bits per heavy atom. The van der Waals surface area contributed by atoms with Gasteiger partial charge in [0.05, 0.1) is 23.0 Å². The summed E-state index contributed by atoms with van der Waals surface area (Å²) in [6.45, 7) is 0. The molecule has 2 unspecified atom stereocenters. The molecule has 0 aliphatic heterocycles. The Kier molecular flexibility index (Phi) is 5.31. The van der Waals surface area contributed by atoms with Gasteiger partial charge < -0.3 is 5.32 Å². The molecule has 1 saturated carbocycles. The fourth-order valence-corrected chi connectivity index (χ4v) is 3.86. The average Bonchev–Trinajstić information content (AvgIpc) is 3.27. The smallest absolute Gasteiger partial charge is 0.318 e. The molecule has 31 heavy (non-hydrogen) atoms. The van der Waals surface area contributed by atoms with E-state index in [2.05, 4.69) is 26.3 Å². The summed E-state index contributed by atoms with van der Waals surface area (Å²) in [5, 5.41) is 14.9. The highest BCUT2D eigenvalue weighted by Crippen LogP contribution is 2.47. The van der Waals surface area contributed by atoms with Gasteiger partial charge in [-0.05, 0) is 48.2 Å². The van der Waals surface area contributed by atoms with Gasteiger partial charge in [-0.1, -0.05) is 28.1 Å². The minimum atomic E-state index is -4.80. The minimum absolute atomic E-state index is 0.0917. The van der Waals surface area contributed by atoms with E-state index in [0.29, 0.717) is 6.07 Å². The zero-order valence-corrected chi connectivity index (χ0v) is 17.2. The topological polar surface area (TPSA) is 70.7 Å². The second-order valence-corrected chi connectivity index (χ2v) is 8.21. The molecule has 2 aromatic carbocycles. The maximum absolute atomic E-state index is 14.3. The predicted octanol–water partition coefficient (Wildman–Crippen LogP) is 5.40. The molecule has 1 fully saturated rings. The van der Waals surface area contributed by atoms with E-state index in [1.54, 1.807) is 6.07 Å². The summed E-state index contributed by atoms with van der Waals surface area (Å²) in [5.41, 5.74) is -0.785. The molecule has 0 radical (unpaired) electrons. The third-order valence-corrected chi connectivity index (χ3v) is 5.84. The molecule has 0 spiro atoms. The highest BCUT2D eigenvalue weighted by atomic mass is 79.9. The molecular formula is C21H13BrF4N4O. The zero-order chi connectivity index (χ0) is 22.3. The number of nitriles is 1. The van der Waals surface area contributed by atoms with Crippen LogP contribution in [0.15, 0.2) is 48.5 Å². The Balaban J connectivity index is 1.72. The summed E-state index contributed by atoms with van der Waals surface area (Å²) in [6, 6.07) is 12.4. The number of amides is 1. The molecule has 10 heteroatoms. The van der Waals surface area contributed by atoms with Crippen molar-refractivity contribution in [3.63, 3.8) is 0 Å². The Bertz CT molecular complexity index is 1210. The number of carbonyl (C=O) groups excluding carboxylic acids is 1. The lowest BCUT2D eigenvalue weighted by atomic mass is 10.1. The van der Waals surface area contributed by atoms with Gasteiger partial charge in [0.2, 0.25) is 0 Å². The van der Waals surface area contributed by atoms with E-state index in [9.17, 15) is 22.4 Å². The van der Waals surface area contributed by atoms with Crippen molar-refractivity contribution in [2.45, 2.75) is 23.3 Å². The number of rotatable bonds is 4. The van der Waals surface area contributed by atoms with Crippen LogP contribution < -0.4 is 5.32 Å². The number of halogens is 5. The van der Waals surface area contributed by atoms with E-state index >= 15 is 0 Å². The first-order valence-electron chi connectivity index (χ1n) is 9.10. The molecule has 1 aromatic heterocycles. The van der Waals surface area contributed by atoms with Gasteiger partial charge in [-0.2, -0.15) is 23.5 Å². The van der Waals surface area contributed by atoms with Gasteiger partial charge in [0.1, 0.15) is 11.5 Å². The van der Waals surface area contributed by atoms with Crippen LogP contribution in [-0.2, 0) is 6.18 Å². The maximum atomic E-state index is 14.3. The standard InChI is InChI=1S/C21H13BrF4N4O/c22-15-8-14(15)12-4-5-16(23)17(7-12)28-20(31)18-9-19(21(24,25)26)29-30(18)13-3-1-2-11(6-13)10-27/h1-7,9,14-15H,8H2,(H,28,31). The van der Waals surface area contributed by atoms with Crippen LogP contribution in [0.5, 0.6) is 0 Å². The molecule has 1 amide bonds. The summed E-state index contributed by atoms with van der Waals surface area (Å²) in [4.78, 5) is 13.1. The van der Waals surface area contributed by atoms with Gasteiger partial charge >= 0.3 is 6.18 Å². The second-order valence-electron chi connectivity index (χ2n) is 7.04. The maximum Gasteiger partial charge on any atom is 0.435 e. The largest absolute Gasteiger partial charge is 0.435 e. The molecule has 1 heterocycles. The van der Waals surface area contributed by atoms with Gasteiger partial charge in [0, 0.05) is 10.9 Å². The number of benzene rings is 2. The van der Waals surface area contributed by atoms with Crippen LogP contribution in [0.2, 0.25) is 0 Å². The number of nitrogens with one attached hydrogen (secondary N) is 1. The van der Waals surface area contributed by atoms with Crippen molar-refractivity contribution >= 4 is 27.5 Å². The van der Waals surface area contributed by atoms with Gasteiger partial charge in [0.25, 0.3) is 5.91 Å². The van der Waals surface area contributed by atoms with Crippen LogP contribution in [0.1, 0.15) is 39.6 Å². The van der Waals surface area contributed by atoms with Crippen molar-refractivity contribution in [3.8, 4) is 11.8 Å². The first-order chi connectivity index (χ1) is 14.7. The van der Waals surface area contributed by atoms with Gasteiger partial charge in [-0.15, -0.1) is 0 Å². The molecule has 1 N–H and O–H groups in total. The van der Waals surface area contributed by atoms with Crippen molar-refractivity contribution in [1.82, 2.24) is 9.78 Å². The van der Waals surface area contributed by atoms with E-state index in [-0.39, 0.29) is 27.7 Å². The van der Waals surface area contributed by atoms with Crippen LogP contribution in [0, 0.1) is 17.1 Å². The third kappa shape index (κ3) is 4.32. The van der Waals surface area contributed by atoms with Crippen LogP contribution >= 0.6 is 15.9 Å². The predicted molar refractivity (Wildman–Crippen MR) is 108 cm³/mol. The second kappa shape index (κ2) is 7.81. The molecule has 4 rings (SSSR count). The summed E-state index contributed by atoms with van der Waals surface area (Å²) in [5.74, 6) is -1.49. The quantitative estimate of drug-likeness (QED) is 0.391. The van der Waals surface area contributed by atoms with E-state index in [0.717, 1.165) is 16.7 Å². The summed E-state index contributed by atoms with van der Waals surface area (Å²) in [7, 11) is 0. The summed E-state index contributed by atoms with van der Waals surface area (Å²) < 4.78 is 54.8. The van der Waals surface area contributed by atoms with Crippen molar-refractivity contribution < 1.29 is 22.4 Å². The van der Waals surface area contributed by atoms with E-state index in [1.165, 1.54) is 36.4 Å². The average molecular weight is 493 g/mol. The van der Waals surface area contributed by atoms with Crippen LogP contribution in [-0.4, -0.2) is 20.5 Å². The minimum Gasteiger partial charge on any atom is -0.318 e. The summed E-state index contributed by atoms with van der Waals surface area (Å²) >= 11 is 3.46. The molecule has 158 valence electrons. The molecule has 5 nitrogen and oxygen atoms in total. The number of aromatic nitrogens is 2. The Morgan fingerprint density at radius 1 is 1.23 bits per heavy atom. The molecule has 2 atom stereocenters. The SMILES string of the molecule is N#Cc1cccc(-n2nc(C(F)(F)F)cc2C(=O)Nc2cc(C3CC3Br)ccc2F)c1. The van der Waals surface area contributed by atoms with Crippen molar-refractivity contribution in [2.75, 3.05) is 5.32 Å². The molecule has 1 aliphatic rings. The van der Waals surface area contributed by atoms with Crippen LogP contribution in [0.4, 0.5) is 23.2 Å². The van der Waals surface area contributed by atoms with Crippen LogP contribution in [0.3, 0.4) is 0 Å². The fourth-order valence-electron chi connectivity index (χ4n) is 3.15. The van der Waals surface area contributed by atoms with E-state index in [4.69, 9.17) is 5.26 Å². The molecule has 0 bridgehead atoms. The van der Waals surface area contributed by atoms with Gasteiger partial charge in [-0.3, -0.25) is 4.79 Å². The number of alkyl halides is 4. The Hall–Kier alpha value is -3.19. The molecule has 1 aliphatic carbocycles. The summed E-state index contributed by atoms with van der Waals surface area (Å²) in [6.07, 6.45) is -3.93. The van der Waals surface area contributed by atoms with Crippen molar-refractivity contribution in [3.05, 3.63) is 76.9 Å². The molecule has 0 saturated heterocycles. The number of anilines is 1. The normalized spacial score (nSPS) is 17.8. The lowest BCUT2D eigenvalue weighted by Crippen LogP contribution is -2.18. The monoisotopic (exact) mass is 492 g/mol. The van der Waals surface area contributed by atoms with E-state index < -0.39 is 29.3 Å². The van der Waals surface area contributed by atoms with Crippen LogP contribution in [0.25, 0.3) is 5.69 Å². The van der Waals surface area contributed by atoms with Gasteiger partial charge in [0.15, 0.2) is 5.69 Å². The lowest BCUT2D eigenvalue weighted by Gasteiger charge is -2.10. The fraction of sp³-hybridized carbons (Fsp3) is 0.190. The third-order valence-electron chi connectivity index (χ3n) is 4.83. The molecular weight excluding hydrogens is 480 g/mol. The lowest BCUT2D eigenvalue weighted by molar-refractivity contribution is -0.141. The molecule has 3 aromatic rings. The highest BCUT2D eigenvalue weighted by molar-refractivity contribution is 9.09. The Labute approximate surface area is 182 Å². The number of hydrogen-bond acceptors (Lipinski definition) is 3. The van der Waals surface area contributed by atoms with E-state index in [1.807, 2.05) is 6.07 Å². The van der Waals surface area contributed by atoms with Crippen molar-refractivity contribution in [2.24, 2.45) is 0 Å². The highest BCUT2D eigenvalue weighted by Gasteiger charge is 2.37. The number of hydrogen-bond donors (Lipinski definition) is 1. The van der Waals surface area contributed by atoms with Crippen molar-refractivity contribution in [1.29, 1.82) is 5.26 Å². The Morgan fingerprint density at radius 2 is 1.97 bits per heavy atom. The van der Waals surface area contributed by atoms with Gasteiger partial charge in [-0.25, -0.2) is 9.07 Å².